The molecule has 2 rings (SSSR count). The summed E-state index contributed by atoms with van der Waals surface area (Å²) in [5, 5.41) is 6.08. The van der Waals surface area contributed by atoms with Crippen molar-refractivity contribution in [2.75, 3.05) is 30.8 Å². The largest absolute Gasteiger partial charge is 0.382 e. The Morgan fingerprint density at radius 3 is 2.67 bits per heavy atom. The first kappa shape index (κ1) is 12.7. The second-order valence-corrected chi connectivity index (χ2v) is 4.79. The molecule has 1 aliphatic heterocycles. The summed E-state index contributed by atoms with van der Waals surface area (Å²) >= 11 is 0. The molecule has 0 saturated carbocycles. The van der Waals surface area contributed by atoms with Crippen molar-refractivity contribution in [2.24, 2.45) is 5.73 Å². The summed E-state index contributed by atoms with van der Waals surface area (Å²) in [5.74, 6) is 0. The van der Waals surface area contributed by atoms with E-state index in [1.807, 2.05) is 24.3 Å². The van der Waals surface area contributed by atoms with E-state index in [9.17, 15) is 4.79 Å². The molecule has 0 radical (unpaired) electrons. The molecule has 4 N–H and O–H groups in total. The van der Waals surface area contributed by atoms with E-state index in [0.717, 1.165) is 37.3 Å². The van der Waals surface area contributed by atoms with Crippen molar-refractivity contribution < 1.29 is 4.79 Å². The van der Waals surface area contributed by atoms with Gasteiger partial charge in [-0.2, -0.15) is 0 Å². The lowest BCUT2D eigenvalue weighted by Crippen LogP contribution is -2.36. The first-order valence-electron chi connectivity index (χ1n) is 6.25. The number of carbonyl (C=O) groups excluding carboxylic acids is 1. The van der Waals surface area contributed by atoms with Crippen molar-refractivity contribution in [3.8, 4) is 0 Å². The Labute approximate surface area is 107 Å². The Morgan fingerprint density at radius 2 is 2.00 bits per heavy atom. The zero-order chi connectivity index (χ0) is 13.0. The molecular weight excluding hydrogens is 228 g/mol. The average Bonchev–Trinajstić information content (AvgIpc) is 2.32. The minimum absolute atomic E-state index is 0.505. The lowest BCUT2D eigenvalue weighted by atomic mass is 10.1. The Hall–Kier alpha value is -1.75. The van der Waals surface area contributed by atoms with Crippen LogP contribution in [0.3, 0.4) is 0 Å². The maximum atomic E-state index is 10.8. The number of benzene rings is 1. The summed E-state index contributed by atoms with van der Waals surface area (Å²) in [4.78, 5) is 13.1. The van der Waals surface area contributed by atoms with Crippen molar-refractivity contribution in [2.45, 2.75) is 18.9 Å². The maximum Gasteiger partial charge on any atom is 0.316 e. The number of primary amides is 1. The van der Waals surface area contributed by atoms with Gasteiger partial charge in [0, 0.05) is 17.4 Å². The standard InChI is InChI=1S/C13H20N4O/c1-17-7-5-10(6-8-17)15-11-3-2-4-12(9-11)16-13(14)18/h2-4,9-10,15H,5-8H2,1H3,(H3,14,16,18). The van der Waals surface area contributed by atoms with Gasteiger partial charge in [0.1, 0.15) is 0 Å². The summed E-state index contributed by atoms with van der Waals surface area (Å²) in [6.45, 7) is 2.24. The molecule has 5 heteroatoms. The van der Waals surface area contributed by atoms with Gasteiger partial charge >= 0.3 is 6.03 Å². The molecule has 1 heterocycles. The van der Waals surface area contributed by atoms with E-state index < -0.39 is 6.03 Å². The quantitative estimate of drug-likeness (QED) is 0.762. The fourth-order valence-electron chi connectivity index (χ4n) is 2.22. The minimum atomic E-state index is -0.536. The molecular formula is C13H20N4O. The number of carbonyl (C=O) groups is 1. The molecule has 0 spiro atoms. The summed E-state index contributed by atoms with van der Waals surface area (Å²) in [6, 6.07) is 7.61. The van der Waals surface area contributed by atoms with E-state index in [1.165, 1.54) is 0 Å². The van der Waals surface area contributed by atoms with Crippen LogP contribution in [-0.4, -0.2) is 37.1 Å². The summed E-state index contributed by atoms with van der Waals surface area (Å²) in [7, 11) is 2.15. The highest BCUT2D eigenvalue weighted by atomic mass is 16.2. The maximum absolute atomic E-state index is 10.8. The molecule has 0 aromatic heterocycles. The van der Waals surface area contributed by atoms with Gasteiger partial charge in [-0.1, -0.05) is 6.07 Å². The van der Waals surface area contributed by atoms with Crippen LogP contribution in [0, 0.1) is 0 Å². The number of anilines is 2. The van der Waals surface area contributed by atoms with Crippen LogP contribution in [0.5, 0.6) is 0 Å². The van der Waals surface area contributed by atoms with Gasteiger partial charge in [-0.25, -0.2) is 4.79 Å². The van der Waals surface area contributed by atoms with E-state index in [0.29, 0.717) is 6.04 Å². The topological polar surface area (TPSA) is 70.4 Å². The SMILES string of the molecule is CN1CCC(Nc2cccc(NC(N)=O)c2)CC1. The fraction of sp³-hybridized carbons (Fsp3) is 0.462. The number of nitrogens with one attached hydrogen (secondary N) is 2. The lowest BCUT2D eigenvalue weighted by molar-refractivity contribution is 0.259. The predicted octanol–water partition coefficient (Wildman–Crippen LogP) is 1.68. The predicted molar refractivity (Wildman–Crippen MR) is 73.8 cm³/mol. The van der Waals surface area contributed by atoms with Gasteiger partial charge < -0.3 is 21.3 Å². The first-order chi connectivity index (χ1) is 8.63. The van der Waals surface area contributed by atoms with Crippen LogP contribution in [0.1, 0.15) is 12.8 Å². The first-order valence-corrected chi connectivity index (χ1v) is 6.25. The van der Waals surface area contributed by atoms with E-state index >= 15 is 0 Å². The van der Waals surface area contributed by atoms with Crippen molar-refractivity contribution in [1.82, 2.24) is 4.90 Å². The molecule has 2 amide bonds. The van der Waals surface area contributed by atoms with Crippen LogP contribution in [0.2, 0.25) is 0 Å². The second-order valence-electron chi connectivity index (χ2n) is 4.79. The molecule has 0 unspecified atom stereocenters. The zero-order valence-electron chi connectivity index (χ0n) is 10.6. The van der Waals surface area contributed by atoms with Gasteiger partial charge in [0.05, 0.1) is 0 Å². The van der Waals surface area contributed by atoms with Crippen LogP contribution in [0.15, 0.2) is 24.3 Å². The van der Waals surface area contributed by atoms with Crippen LogP contribution in [-0.2, 0) is 0 Å². The van der Waals surface area contributed by atoms with Crippen LogP contribution < -0.4 is 16.4 Å². The molecule has 1 aromatic rings. The van der Waals surface area contributed by atoms with Crippen molar-refractivity contribution in [3.63, 3.8) is 0 Å². The van der Waals surface area contributed by atoms with Gasteiger partial charge in [-0.05, 0) is 51.2 Å². The molecule has 0 bridgehead atoms. The molecule has 0 aliphatic carbocycles. The Balaban J connectivity index is 1.94. The zero-order valence-corrected chi connectivity index (χ0v) is 10.6. The lowest BCUT2D eigenvalue weighted by Gasteiger charge is -2.30. The number of rotatable bonds is 3. The molecule has 0 atom stereocenters. The smallest absolute Gasteiger partial charge is 0.316 e. The average molecular weight is 248 g/mol. The summed E-state index contributed by atoms with van der Waals surface area (Å²) in [6.07, 6.45) is 2.29. The van der Waals surface area contributed by atoms with Crippen molar-refractivity contribution >= 4 is 17.4 Å². The molecule has 1 fully saturated rings. The number of hydrogen-bond donors (Lipinski definition) is 3. The highest BCUT2D eigenvalue weighted by Crippen LogP contribution is 2.19. The monoisotopic (exact) mass is 248 g/mol. The number of urea groups is 1. The normalized spacial score (nSPS) is 17.4. The van der Waals surface area contributed by atoms with Crippen molar-refractivity contribution in [1.29, 1.82) is 0 Å². The second kappa shape index (κ2) is 5.73. The molecule has 18 heavy (non-hydrogen) atoms. The van der Waals surface area contributed by atoms with Crippen molar-refractivity contribution in [3.05, 3.63) is 24.3 Å². The molecule has 1 saturated heterocycles. The van der Waals surface area contributed by atoms with E-state index in [4.69, 9.17) is 5.73 Å². The number of piperidine rings is 1. The van der Waals surface area contributed by atoms with Gasteiger partial charge in [0.15, 0.2) is 0 Å². The highest BCUT2D eigenvalue weighted by molar-refractivity contribution is 5.88. The number of nitrogens with two attached hydrogens (primary N) is 1. The number of amides is 2. The third-order valence-corrected chi connectivity index (χ3v) is 3.22. The Bertz CT molecular complexity index is 413. The third kappa shape index (κ3) is 3.63. The van der Waals surface area contributed by atoms with Crippen LogP contribution >= 0.6 is 0 Å². The van der Waals surface area contributed by atoms with Gasteiger partial charge in [-0.15, -0.1) is 0 Å². The Kier molecular flexibility index (Phi) is 4.04. The number of nitrogens with zero attached hydrogens (tertiary/aromatic N) is 1. The van der Waals surface area contributed by atoms with E-state index in [1.54, 1.807) is 0 Å². The third-order valence-electron chi connectivity index (χ3n) is 3.22. The van der Waals surface area contributed by atoms with Crippen LogP contribution in [0.25, 0.3) is 0 Å². The van der Waals surface area contributed by atoms with Gasteiger partial charge in [-0.3, -0.25) is 0 Å². The summed E-state index contributed by atoms with van der Waals surface area (Å²) in [5.41, 5.74) is 6.84. The minimum Gasteiger partial charge on any atom is -0.382 e. The van der Waals surface area contributed by atoms with Crippen LogP contribution in [0.4, 0.5) is 16.2 Å². The Morgan fingerprint density at radius 1 is 1.33 bits per heavy atom. The van der Waals surface area contributed by atoms with E-state index in [2.05, 4.69) is 22.6 Å². The number of hydrogen-bond acceptors (Lipinski definition) is 3. The van der Waals surface area contributed by atoms with Gasteiger partial charge in [0.25, 0.3) is 0 Å². The molecule has 1 aliphatic rings. The van der Waals surface area contributed by atoms with Gasteiger partial charge in [0.2, 0.25) is 0 Å². The summed E-state index contributed by atoms with van der Waals surface area (Å²) < 4.78 is 0. The number of likely N-dealkylation sites (tertiary alicyclic amines) is 1. The fourth-order valence-corrected chi connectivity index (χ4v) is 2.22. The molecule has 1 aromatic carbocycles. The molecule has 5 nitrogen and oxygen atoms in total. The molecule has 98 valence electrons. The highest BCUT2D eigenvalue weighted by Gasteiger charge is 2.16. The van der Waals surface area contributed by atoms with E-state index in [-0.39, 0.29) is 0 Å².